The number of carbonyl (C=O) groups excluding carboxylic acids is 1. The van der Waals surface area contributed by atoms with Gasteiger partial charge in [0.1, 0.15) is 0 Å². The van der Waals surface area contributed by atoms with Crippen LogP contribution in [0.4, 0.5) is 0 Å². The number of hydrogen-bond acceptors (Lipinski definition) is 7. The molecule has 0 saturated carbocycles. The van der Waals surface area contributed by atoms with Gasteiger partial charge in [-0.15, -0.1) is 0 Å². The van der Waals surface area contributed by atoms with Crippen molar-refractivity contribution >= 4 is 23.9 Å². The summed E-state index contributed by atoms with van der Waals surface area (Å²) in [6, 6.07) is 0. The highest BCUT2D eigenvalue weighted by Gasteiger charge is 2.37. The Labute approximate surface area is 99.0 Å². The first-order valence-electron chi connectivity index (χ1n) is 4.40. The van der Waals surface area contributed by atoms with Gasteiger partial charge < -0.3 is 30.3 Å². The van der Waals surface area contributed by atoms with Crippen LogP contribution in [0.5, 0.6) is 0 Å². The van der Waals surface area contributed by atoms with E-state index in [4.69, 9.17) is 25.5 Å². The Kier molecular flexibility index (Phi) is 5.72. The molecule has 0 radical (unpaired) electrons. The van der Waals surface area contributed by atoms with E-state index in [1.807, 2.05) is 0 Å². The van der Waals surface area contributed by atoms with Gasteiger partial charge in [-0.1, -0.05) is 0 Å². The Bertz CT molecular complexity index is 361. The standard InChI is InChI=1S/C8H10O10/c9-2(1-3(10)11)8(17)18-5(7(15)16)4(12)6(13)14/h2,4-5,9,12H,1H2,(H,10,11)(H,13,14)(H,15,16)/t2?,4-,5-/m0/s1. The number of rotatable bonds is 7. The van der Waals surface area contributed by atoms with Crippen molar-refractivity contribution in [3.05, 3.63) is 0 Å². The summed E-state index contributed by atoms with van der Waals surface area (Å²) in [5, 5.41) is 43.0. The van der Waals surface area contributed by atoms with E-state index in [1.165, 1.54) is 0 Å². The molecule has 0 fully saturated rings. The predicted octanol–water partition coefficient (Wildman–Crippen LogP) is -2.74. The molecule has 18 heavy (non-hydrogen) atoms. The highest BCUT2D eigenvalue weighted by Crippen LogP contribution is 2.05. The second-order valence-corrected chi connectivity index (χ2v) is 3.09. The number of aliphatic hydroxyl groups is 2. The van der Waals surface area contributed by atoms with Crippen molar-refractivity contribution in [2.75, 3.05) is 0 Å². The highest BCUT2D eigenvalue weighted by atomic mass is 16.6. The van der Waals surface area contributed by atoms with Crippen molar-refractivity contribution in [2.24, 2.45) is 0 Å². The molecule has 0 heterocycles. The molecule has 0 aliphatic rings. The molecule has 0 bridgehead atoms. The molecular formula is C8H10O10. The number of carboxylic acids is 3. The minimum absolute atomic E-state index is 1.05. The van der Waals surface area contributed by atoms with Gasteiger partial charge in [0.15, 0.2) is 12.2 Å². The van der Waals surface area contributed by atoms with Gasteiger partial charge >= 0.3 is 23.9 Å². The first-order valence-corrected chi connectivity index (χ1v) is 4.40. The summed E-state index contributed by atoms with van der Waals surface area (Å²) in [6.45, 7) is 0. The average Bonchev–Trinajstić information content (AvgIpc) is 2.22. The molecule has 0 rings (SSSR count). The summed E-state index contributed by atoms with van der Waals surface area (Å²) >= 11 is 0. The maximum Gasteiger partial charge on any atom is 0.348 e. The fourth-order valence-corrected chi connectivity index (χ4v) is 0.832. The Morgan fingerprint density at radius 2 is 1.44 bits per heavy atom. The zero-order valence-corrected chi connectivity index (χ0v) is 8.72. The number of ether oxygens (including phenoxy) is 1. The molecule has 0 amide bonds. The van der Waals surface area contributed by atoms with Crippen LogP contribution in [0.25, 0.3) is 0 Å². The van der Waals surface area contributed by atoms with Crippen LogP contribution in [0.1, 0.15) is 6.42 Å². The van der Waals surface area contributed by atoms with Gasteiger partial charge in [0.25, 0.3) is 0 Å². The van der Waals surface area contributed by atoms with E-state index in [2.05, 4.69) is 4.74 Å². The van der Waals surface area contributed by atoms with Crippen molar-refractivity contribution < 1.29 is 49.4 Å². The van der Waals surface area contributed by atoms with Crippen LogP contribution in [-0.2, 0) is 23.9 Å². The fraction of sp³-hybridized carbons (Fsp3) is 0.500. The van der Waals surface area contributed by atoms with Gasteiger partial charge in [-0.25, -0.2) is 14.4 Å². The Morgan fingerprint density at radius 1 is 0.944 bits per heavy atom. The minimum atomic E-state index is -2.54. The quantitative estimate of drug-likeness (QED) is 0.303. The van der Waals surface area contributed by atoms with Crippen molar-refractivity contribution in [3.63, 3.8) is 0 Å². The maximum absolute atomic E-state index is 11.0. The van der Waals surface area contributed by atoms with E-state index >= 15 is 0 Å². The number of esters is 1. The molecule has 0 aliphatic carbocycles. The number of carboxylic acid groups (broad SMARTS) is 3. The van der Waals surface area contributed by atoms with Gasteiger partial charge in [-0.05, 0) is 0 Å². The first-order chi connectivity index (χ1) is 8.16. The lowest BCUT2D eigenvalue weighted by Gasteiger charge is -2.17. The second-order valence-electron chi connectivity index (χ2n) is 3.09. The van der Waals surface area contributed by atoms with Gasteiger partial charge in [0.2, 0.25) is 6.10 Å². The Balaban J connectivity index is 4.70. The van der Waals surface area contributed by atoms with Gasteiger partial charge in [-0.3, -0.25) is 4.79 Å². The molecule has 0 aromatic heterocycles. The zero-order chi connectivity index (χ0) is 14.5. The average molecular weight is 266 g/mol. The molecule has 3 atom stereocenters. The second kappa shape index (κ2) is 6.51. The summed E-state index contributed by atoms with van der Waals surface area (Å²) in [5.74, 6) is -7.13. The summed E-state index contributed by atoms with van der Waals surface area (Å²) < 4.78 is 4.02. The molecule has 10 heteroatoms. The third kappa shape index (κ3) is 4.76. The first kappa shape index (κ1) is 15.8. The summed E-state index contributed by atoms with van der Waals surface area (Å²) in [5.41, 5.74) is 0. The highest BCUT2D eigenvalue weighted by molar-refractivity contribution is 5.87. The van der Waals surface area contributed by atoms with Crippen LogP contribution < -0.4 is 0 Å². The third-order valence-electron chi connectivity index (χ3n) is 1.67. The van der Waals surface area contributed by atoms with E-state index in [0.29, 0.717) is 0 Å². The normalized spacial score (nSPS) is 15.2. The van der Waals surface area contributed by atoms with Gasteiger partial charge in [-0.2, -0.15) is 0 Å². The lowest BCUT2D eigenvalue weighted by Crippen LogP contribution is -2.44. The van der Waals surface area contributed by atoms with Gasteiger partial charge in [0, 0.05) is 0 Å². The molecule has 1 unspecified atom stereocenters. The van der Waals surface area contributed by atoms with Crippen LogP contribution in [0.15, 0.2) is 0 Å². The number of aliphatic hydroxyl groups excluding tert-OH is 2. The van der Waals surface area contributed by atoms with Crippen molar-refractivity contribution in [1.29, 1.82) is 0 Å². The number of aliphatic carboxylic acids is 3. The fourth-order valence-electron chi connectivity index (χ4n) is 0.832. The van der Waals surface area contributed by atoms with E-state index in [0.717, 1.165) is 0 Å². The van der Waals surface area contributed by atoms with Crippen molar-refractivity contribution in [1.82, 2.24) is 0 Å². The topological polar surface area (TPSA) is 179 Å². The predicted molar refractivity (Wildman–Crippen MR) is 49.4 cm³/mol. The molecule has 10 nitrogen and oxygen atoms in total. The molecule has 102 valence electrons. The summed E-state index contributed by atoms with van der Waals surface area (Å²) in [6.07, 6.45) is -8.19. The molecule has 0 aromatic carbocycles. The molecular weight excluding hydrogens is 256 g/mol. The third-order valence-corrected chi connectivity index (χ3v) is 1.67. The molecule has 5 N–H and O–H groups in total. The summed E-state index contributed by atoms with van der Waals surface area (Å²) in [7, 11) is 0. The van der Waals surface area contributed by atoms with E-state index in [1.54, 1.807) is 0 Å². The monoisotopic (exact) mass is 266 g/mol. The van der Waals surface area contributed by atoms with E-state index < -0.39 is 48.6 Å². The van der Waals surface area contributed by atoms with Crippen molar-refractivity contribution in [3.8, 4) is 0 Å². The molecule has 0 aliphatic heterocycles. The Hall–Kier alpha value is -2.20. The SMILES string of the molecule is O=C(O)CC(O)C(=O)O[C@H](C(=O)O)[C@H](O)C(=O)O. The smallest absolute Gasteiger partial charge is 0.348 e. The van der Waals surface area contributed by atoms with Crippen LogP contribution in [-0.4, -0.2) is 67.7 Å². The summed E-state index contributed by atoms with van der Waals surface area (Å²) in [4.78, 5) is 42.0. The van der Waals surface area contributed by atoms with E-state index in [-0.39, 0.29) is 0 Å². The minimum Gasteiger partial charge on any atom is -0.481 e. The number of carbonyl (C=O) groups is 4. The molecule has 0 aromatic rings. The van der Waals surface area contributed by atoms with Crippen LogP contribution >= 0.6 is 0 Å². The van der Waals surface area contributed by atoms with Crippen molar-refractivity contribution in [2.45, 2.75) is 24.7 Å². The molecule has 0 spiro atoms. The molecule has 0 saturated heterocycles. The lowest BCUT2D eigenvalue weighted by atomic mass is 10.2. The van der Waals surface area contributed by atoms with E-state index in [9.17, 15) is 19.2 Å². The zero-order valence-electron chi connectivity index (χ0n) is 8.72. The number of hydrogen-bond donors (Lipinski definition) is 5. The van der Waals surface area contributed by atoms with Gasteiger partial charge in [0.05, 0.1) is 6.42 Å². The largest absolute Gasteiger partial charge is 0.481 e. The Morgan fingerprint density at radius 3 is 1.78 bits per heavy atom. The maximum atomic E-state index is 11.0. The van der Waals surface area contributed by atoms with Crippen LogP contribution in [0.3, 0.4) is 0 Å². The van der Waals surface area contributed by atoms with Crippen LogP contribution in [0, 0.1) is 0 Å². The van der Waals surface area contributed by atoms with Crippen LogP contribution in [0.2, 0.25) is 0 Å². The lowest BCUT2D eigenvalue weighted by molar-refractivity contribution is -0.183.